The number of hydrogen-bond donors (Lipinski definition) is 1. The fourth-order valence-electron chi connectivity index (χ4n) is 1.80. The van der Waals surface area contributed by atoms with Gasteiger partial charge in [0.2, 0.25) is 0 Å². The quantitative estimate of drug-likeness (QED) is 0.849. The molecule has 88 valence electrons. The van der Waals surface area contributed by atoms with E-state index in [0.29, 0.717) is 13.2 Å². The molecule has 1 aliphatic rings. The third kappa shape index (κ3) is 2.26. The first-order valence-electron chi connectivity index (χ1n) is 5.56. The Morgan fingerprint density at radius 1 is 1.38 bits per heavy atom. The van der Waals surface area contributed by atoms with Gasteiger partial charge < -0.3 is 14.6 Å². The number of aliphatic hydroxyl groups excluding tert-OH is 1. The van der Waals surface area contributed by atoms with E-state index in [1.165, 1.54) is 0 Å². The van der Waals surface area contributed by atoms with Gasteiger partial charge in [-0.15, -0.1) is 0 Å². The minimum Gasteiger partial charge on any atom is -0.370 e. The summed E-state index contributed by atoms with van der Waals surface area (Å²) in [5.74, 6) is 0. The van der Waals surface area contributed by atoms with Gasteiger partial charge in [-0.1, -0.05) is 44.2 Å². The van der Waals surface area contributed by atoms with Crippen molar-refractivity contribution in [1.29, 1.82) is 0 Å². The summed E-state index contributed by atoms with van der Waals surface area (Å²) in [4.78, 5) is 0. The Labute approximate surface area is 96.0 Å². The molecule has 1 aliphatic heterocycles. The van der Waals surface area contributed by atoms with Gasteiger partial charge in [0.15, 0.2) is 6.29 Å². The molecule has 2 atom stereocenters. The number of aliphatic hydroxyl groups is 1. The SMILES string of the molecule is CC1(C)C(O)OC[C@@H]1OCc1ccccc1. The lowest BCUT2D eigenvalue weighted by atomic mass is 9.88. The predicted molar refractivity (Wildman–Crippen MR) is 60.8 cm³/mol. The van der Waals surface area contributed by atoms with Crippen LogP contribution >= 0.6 is 0 Å². The van der Waals surface area contributed by atoms with Gasteiger partial charge in [0.1, 0.15) is 0 Å². The molecule has 1 N–H and O–H groups in total. The van der Waals surface area contributed by atoms with Crippen LogP contribution in [0.15, 0.2) is 30.3 Å². The second kappa shape index (κ2) is 4.53. The van der Waals surface area contributed by atoms with Crippen molar-refractivity contribution in [2.24, 2.45) is 5.41 Å². The average molecular weight is 222 g/mol. The van der Waals surface area contributed by atoms with Crippen molar-refractivity contribution >= 4 is 0 Å². The van der Waals surface area contributed by atoms with Gasteiger partial charge in [0.25, 0.3) is 0 Å². The molecule has 0 aliphatic carbocycles. The molecule has 16 heavy (non-hydrogen) atoms. The number of hydrogen-bond acceptors (Lipinski definition) is 3. The third-order valence-electron chi connectivity index (χ3n) is 3.17. The lowest BCUT2D eigenvalue weighted by Gasteiger charge is -2.27. The Morgan fingerprint density at radius 2 is 2.06 bits per heavy atom. The number of ether oxygens (including phenoxy) is 2. The van der Waals surface area contributed by atoms with E-state index < -0.39 is 6.29 Å². The summed E-state index contributed by atoms with van der Waals surface area (Å²) in [6.45, 7) is 4.94. The van der Waals surface area contributed by atoms with Crippen LogP contribution in [0, 0.1) is 5.41 Å². The summed E-state index contributed by atoms with van der Waals surface area (Å²) in [6, 6.07) is 10.0. The topological polar surface area (TPSA) is 38.7 Å². The molecule has 0 saturated carbocycles. The molecule has 1 heterocycles. The van der Waals surface area contributed by atoms with Crippen molar-refractivity contribution in [2.75, 3.05) is 6.61 Å². The highest BCUT2D eigenvalue weighted by atomic mass is 16.6. The van der Waals surface area contributed by atoms with Crippen LogP contribution in [0.25, 0.3) is 0 Å². The first-order chi connectivity index (χ1) is 7.60. The molecule has 1 aromatic carbocycles. The molecular formula is C13H18O3. The molecule has 3 nitrogen and oxygen atoms in total. The van der Waals surface area contributed by atoms with Crippen LogP contribution in [0.3, 0.4) is 0 Å². The Bertz CT molecular complexity index is 334. The second-order valence-corrected chi connectivity index (χ2v) is 4.79. The Morgan fingerprint density at radius 3 is 2.62 bits per heavy atom. The summed E-state index contributed by atoms with van der Waals surface area (Å²) in [6.07, 6.45) is -0.782. The predicted octanol–water partition coefficient (Wildman–Crippen LogP) is 1.95. The minimum atomic E-state index is -0.728. The average Bonchev–Trinajstić information content (AvgIpc) is 2.53. The summed E-state index contributed by atoms with van der Waals surface area (Å²) in [5.41, 5.74) is 0.800. The number of rotatable bonds is 3. The van der Waals surface area contributed by atoms with E-state index in [9.17, 15) is 5.11 Å². The van der Waals surface area contributed by atoms with Crippen LogP contribution in [-0.2, 0) is 16.1 Å². The summed E-state index contributed by atoms with van der Waals surface area (Å²) in [5, 5.41) is 9.62. The van der Waals surface area contributed by atoms with Gasteiger partial charge >= 0.3 is 0 Å². The highest BCUT2D eigenvalue weighted by Crippen LogP contribution is 2.35. The summed E-state index contributed by atoms with van der Waals surface area (Å²) >= 11 is 0. The largest absolute Gasteiger partial charge is 0.370 e. The van der Waals surface area contributed by atoms with Crippen molar-refractivity contribution in [3.63, 3.8) is 0 Å². The van der Waals surface area contributed by atoms with Crippen molar-refractivity contribution in [2.45, 2.75) is 32.8 Å². The number of benzene rings is 1. The molecule has 0 aromatic heterocycles. The Balaban J connectivity index is 1.92. The second-order valence-electron chi connectivity index (χ2n) is 4.79. The minimum absolute atomic E-state index is 0.0530. The molecule has 1 unspecified atom stereocenters. The van der Waals surface area contributed by atoms with E-state index in [1.807, 2.05) is 44.2 Å². The first kappa shape index (κ1) is 11.6. The van der Waals surface area contributed by atoms with Crippen molar-refractivity contribution in [3.8, 4) is 0 Å². The zero-order chi connectivity index (χ0) is 11.6. The lowest BCUT2D eigenvalue weighted by Crippen LogP contribution is -2.35. The van der Waals surface area contributed by atoms with Crippen LogP contribution in [0.5, 0.6) is 0 Å². The van der Waals surface area contributed by atoms with E-state index in [-0.39, 0.29) is 11.5 Å². The van der Waals surface area contributed by atoms with Gasteiger partial charge in [-0.25, -0.2) is 0 Å². The molecule has 0 spiro atoms. The van der Waals surface area contributed by atoms with Crippen LogP contribution in [0.4, 0.5) is 0 Å². The van der Waals surface area contributed by atoms with E-state index in [0.717, 1.165) is 5.56 Å². The van der Waals surface area contributed by atoms with Crippen molar-refractivity contribution < 1.29 is 14.6 Å². The van der Waals surface area contributed by atoms with Gasteiger partial charge in [-0.2, -0.15) is 0 Å². The van der Waals surface area contributed by atoms with Gasteiger partial charge in [-0.05, 0) is 5.56 Å². The van der Waals surface area contributed by atoms with Crippen LogP contribution in [0.2, 0.25) is 0 Å². The summed E-state index contributed by atoms with van der Waals surface area (Å²) in [7, 11) is 0. The zero-order valence-electron chi connectivity index (χ0n) is 9.72. The molecule has 1 saturated heterocycles. The molecule has 0 amide bonds. The van der Waals surface area contributed by atoms with Crippen molar-refractivity contribution in [1.82, 2.24) is 0 Å². The zero-order valence-corrected chi connectivity index (χ0v) is 9.72. The fraction of sp³-hybridized carbons (Fsp3) is 0.538. The molecule has 1 fully saturated rings. The van der Waals surface area contributed by atoms with Crippen LogP contribution in [-0.4, -0.2) is 24.1 Å². The molecular weight excluding hydrogens is 204 g/mol. The molecule has 0 radical (unpaired) electrons. The van der Waals surface area contributed by atoms with E-state index >= 15 is 0 Å². The molecule has 2 rings (SSSR count). The van der Waals surface area contributed by atoms with E-state index in [1.54, 1.807) is 0 Å². The van der Waals surface area contributed by atoms with Crippen LogP contribution < -0.4 is 0 Å². The first-order valence-corrected chi connectivity index (χ1v) is 5.56. The standard InChI is InChI=1S/C13H18O3/c1-13(2)11(9-16-12(13)14)15-8-10-6-4-3-5-7-10/h3-7,11-12,14H,8-9H2,1-2H3/t11-,12?/m0/s1. The maximum absolute atomic E-state index is 9.62. The Kier molecular flexibility index (Phi) is 3.28. The van der Waals surface area contributed by atoms with Gasteiger partial charge in [-0.3, -0.25) is 0 Å². The highest BCUT2D eigenvalue weighted by molar-refractivity contribution is 5.13. The molecule has 0 bridgehead atoms. The monoisotopic (exact) mass is 222 g/mol. The third-order valence-corrected chi connectivity index (χ3v) is 3.17. The molecule has 1 aromatic rings. The van der Waals surface area contributed by atoms with E-state index in [4.69, 9.17) is 9.47 Å². The fourth-order valence-corrected chi connectivity index (χ4v) is 1.80. The smallest absolute Gasteiger partial charge is 0.162 e. The maximum Gasteiger partial charge on any atom is 0.162 e. The lowest BCUT2D eigenvalue weighted by molar-refractivity contribution is -0.114. The maximum atomic E-state index is 9.62. The van der Waals surface area contributed by atoms with Gasteiger partial charge in [0.05, 0.1) is 19.3 Å². The molecule has 3 heteroatoms. The van der Waals surface area contributed by atoms with Crippen LogP contribution in [0.1, 0.15) is 19.4 Å². The Hall–Kier alpha value is -0.900. The van der Waals surface area contributed by atoms with E-state index in [2.05, 4.69) is 0 Å². The summed E-state index contributed by atoms with van der Waals surface area (Å²) < 4.78 is 11.0. The highest BCUT2D eigenvalue weighted by Gasteiger charge is 2.44. The normalized spacial score (nSPS) is 28.2. The van der Waals surface area contributed by atoms with Gasteiger partial charge in [0, 0.05) is 5.41 Å². The van der Waals surface area contributed by atoms with Crippen molar-refractivity contribution in [3.05, 3.63) is 35.9 Å².